The Labute approximate surface area is 101 Å². The molecule has 0 saturated heterocycles. The zero-order chi connectivity index (χ0) is 12.4. The van der Waals surface area contributed by atoms with E-state index in [0.717, 1.165) is 0 Å². The maximum atomic E-state index is 10.7. The Hall–Kier alpha value is -0.580. The van der Waals surface area contributed by atoms with Crippen LogP contribution < -0.4 is 0 Å². The summed E-state index contributed by atoms with van der Waals surface area (Å²) in [6.45, 7) is 2.86. The molecule has 0 spiro atoms. The summed E-state index contributed by atoms with van der Waals surface area (Å²) >= 11 is 0. The zero-order valence-electron chi connectivity index (χ0n) is 7.46. The van der Waals surface area contributed by atoms with E-state index >= 15 is 0 Å². The SMILES string of the molecule is CC#N.CC#N.O=S(=O)([O-])C(F)(F)F.[Ag+]. The average Bonchev–Trinajstić information content (AvgIpc) is 1.85. The number of halogens is 3. The molecule has 0 rings (SSSR count). The Balaban J connectivity index is -0.0000000733. The van der Waals surface area contributed by atoms with Crippen LogP contribution >= 0.6 is 0 Å². The van der Waals surface area contributed by atoms with E-state index in [2.05, 4.69) is 0 Å². The molecule has 0 fully saturated rings. The van der Waals surface area contributed by atoms with Crippen LogP contribution in [-0.2, 0) is 32.5 Å². The van der Waals surface area contributed by atoms with E-state index in [1.807, 2.05) is 0 Å². The smallest absolute Gasteiger partial charge is 0.741 e. The van der Waals surface area contributed by atoms with Gasteiger partial charge in [0.15, 0.2) is 10.1 Å². The predicted molar refractivity (Wildman–Crippen MR) is 38.3 cm³/mol. The Morgan fingerprint density at radius 3 is 1.20 bits per heavy atom. The fourth-order valence-corrected chi connectivity index (χ4v) is 0. The molecule has 5 nitrogen and oxygen atoms in total. The van der Waals surface area contributed by atoms with E-state index in [1.54, 1.807) is 12.1 Å². The van der Waals surface area contributed by atoms with Crippen LogP contribution in [0.4, 0.5) is 13.2 Å². The molecule has 0 aliphatic carbocycles. The molecule has 0 aromatic rings. The van der Waals surface area contributed by atoms with Gasteiger partial charge in [0.25, 0.3) is 0 Å². The van der Waals surface area contributed by atoms with Gasteiger partial charge < -0.3 is 4.55 Å². The quantitative estimate of drug-likeness (QED) is 0.373. The predicted octanol–water partition coefficient (Wildman–Crippen LogP) is 1.11. The van der Waals surface area contributed by atoms with Crippen molar-refractivity contribution in [2.45, 2.75) is 19.4 Å². The number of rotatable bonds is 0. The molecule has 0 saturated carbocycles. The fraction of sp³-hybridized carbons (Fsp3) is 0.600. The van der Waals surface area contributed by atoms with Gasteiger partial charge in [-0.3, -0.25) is 0 Å². The van der Waals surface area contributed by atoms with Crippen LogP contribution in [-0.4, -0.2) is 18.5 Å². The molecule has 0 atom stereocenters. The first-order valence-electron chi connectivity index (χ1n) is 2.72. The van der Waals surface area contributed by atoms with E-state index in [1.165, 1.54) is 13.8 Å². The third-order valence-corrected chi connectivity index (χ3v) is 0.850. The number of alkyl halides is 3. The van der Waals surface area contributed by atoms with Crippen molar-refractivity contribution in [3.8, 4) is 12.1 Å². The third kappa shape index (κ3) is 24.7. The van der Waals surface area contributed by atoms with Gasteiger partial charge in [-0.05, 0) is 0 Å². The summed E-state index contributed by atoms with van der Waals surface area (Å²) in [4.78, 5) is 0. The maximum absolute atomic E-state index is 10.7. The molecule has 0 aliphatic rings. The standard InChI is InChI=1S/2C2H3N.CHF3O3S.Ag/c2*1-2-3;2-1(3,4)8(5,6)7;/h2*1H3;(H,5,6,7);/q;;;+1/p-1. The molecule has 0 unspecified atom stereocenters. The Kier molecular flexibility index (Phi) is 18.3. The largest absolute Gasteiger partial charge is 1.00 e. The topological polar surface area (TPSA) is 105 Å². The Morgan fingerprint density at radius 2 is 1.20 bits per heavy atom. The van der Waals surface area contributed by atoms with E-state index in [0.29, 0.717) is 0 Å². The molecular formula is C5H6AgF3N2O3S. The summed E-state index contributed by atoms with van der Waals surface area (Å²) < 4.78 is 58.9. The van der Waals surface area contributed by atoms with Gasteiger partial charge in [-0.1, -0.05) is 0 Å². The second-order valence-corrected chi connectivity index (χ2v) is 2.72. The van der Waals surface area contributed by atoms with Gasteiger partial charge in [-0.25, -0.2) is 8.42 Å². The Morgan fingerprint density at radius 1 is 1.13 bits per heavy atom. The van der Waals surface area contributed by atoms with Crippen molar-refractivity contribution < 1.29 is 48.5 Å². The molecule has 0 radical (unpaired) electrons. The summed E-state index contributed by atoms with van der Waals surface area (Å²) in [5.41, 5.74) is -5.65. The third-order valence-electron chi connectivity index (χ3n) is 0.283. The fourth-order valence-electron chi connectivity index (χ4n) is 0. The summed E-state index contributed by atoms with van der Waals surface area (Å²) in [5.74, 6) is 0. The van der Waals surface area contributed by atoms with Gasteiger partial charge in [0.05, 0.1) is 12.1 Å². The van der Waals surface area contributed by atoms with Crippen molar-refractivity contribution >= 4 is 10.1 Å². The normalized spacial score (nSPS) is 8.53. The molecule has 92 valence electrons. The molecule has 0 amide bonds. The van der Waals surface area contributed by atoms with Gasteiger partial charge in [0.1, 0.15) is 0 Å². The van der Waals surface area contributed by atoms with Crippen LogP contribution in [0.15, 0.2) is 0 Å². The first-order valence-corrected chi connectivity index (χ1v) is 4.13. The van der Waals surface area contributed by atoms with Crippen molar-refractivity contribution in [2.75, 3.05) is 0 Å². The van der Waals surface area contributed by atoms with E-state index in [-0.39, 0.29) is 22.4 Å². The first-order chi connectivity index (χ1) is 6.08. The van der Waals surface area contributed by atoms with Crippen molar-refractivity contribution in [3.05, 3.63) is 0 Å². The zero-order valence-corrected chi connectivity index (χ0v) is 9.76. The van der Waals surface area contributed by atoms with Crippen LogP contribution in [0.5, 0.6) is 0 Å². The van der Waals surface area contributed by atoms with E-state index in [9.17, 15) is 13.2 Å². The van der Waals surface area contributed by atoms with Crippen molar-refractivity contribution in [1.82, 2.24) is 0 Å². The van der Waals surface area contributed by atoms with Crippen LogP contribution in [0, 0.1) is 22.7 Å². The van der Waals surface area contributed by atoms with Gasteiger partial charge in [0.2, 0.25) is 0 Å². The minimum Gasteiger partial charge on any atom is -0.741 e. The molecule has 10 heteroatoms. The van der Waals surface area contributed by atoms with Gasteiger partial charge in [-0.15, -0.1) is 0 Å². The molecule has 15 heavy (non-hydrogen) atoms. The van der Waals surface area contributed by atoms with Crippen LogP contribution in [0.1, 0.15) is 13.8 Å². The molecular weight excluding hydrogens is 333 g/mol. The average molecular weight is 339 g/mol. The molecule has 0 bridgehead atoms. The molecule has 0 heterocycles. The number of hydrogen-bond donors (Lipinski definition) is 0. The van der Waals surface area contributed by atoms with E-state index in [4.69, 9.17) is 23.5 Å². The summed E-state index contributed by atoms with van der Waals surface area (Å²) in [7, 11) is -6.09. The van der Waals surface area contributed by atoms with Gasteiger partial charge >= 0.3 is 27.9 Å². The van der Waals surface area contributed by atoms with Crippen LogP contribution in [0.2, 0.25) is 0 Å². The van der Waals surface area contributed by atoms with Crippen molar-refractivity contribution in [2.24, 2.45) is 0 Å². The van der Waals surface area contributed by atoms with Crippen LogP contribution in [0.3, 0.4) is 0 Å². The maximum Gasteiger partial charge on any atom is 1.00 e. The molecule has 0 aromatic heterocycles. The molecule has 0 N–H and O–H groups in total. The number of nitrogens with zero attached hydrogens (tertiary/aromatic N) is 2. The van der Waals surface area contributed by atoms with Crippen LogP contribution in [0.25, 0.3) is 0 Å². The second kappa shape index (κ2) is 11.5. The minimum atomic E-state index is -6.09. The summed E-state index contributed by atoms with van der Waals surface area (Å²) in [6, 6.07) is 3.50. The Bertz CT molecular complexity index is 302. The van der Waals surface area contributed by atoms with Gasteiger partial charge in [0, 0.05) is 13.8 Å². The summed E-state index contributed by atoms with van der Waals surface area (Å²) in [6.07, 6.45) is 0. The van der Waals surface area contributed by atoms with Crippen molar-refractivity contribution in [3.63, 3.8) is 0 Å². The van der Waals surface area contributed by atoms with Crippen molar-refractivity contribution in [1.29, 1.82) is 10.5 Å². The molecule has 0 aromatic carbocycles. The first kappa shape index (κ1) is 23.9. The second-order valence-electron chi connectivity index (χ2n) is 1.35. The minimum absolute atomic E-state index is 0. The van der Waals surface area contributed by atoms with Gasteiger partial charge in [-0.2, -0.15) is 23.7 Å². The van der Waals surface area contributed by atoms with E-state index < -0.39 is 15.6 Å². The monoisotopic (exact) mass is 338 g/mol. The number of hydrogen-bond acceptors (Lipinski definition) is 5. The molecule has 0 aliphatic heterocycles. The summed E-state index contributed by atoms with van der Waals surface area (Å²) in [5, 5.41) is 14.6. The number of nitriles is 2.